The number of pyridine rings is 2. The maximum absolute atomic E-state index is 11.3. The number of ether oxygens (including phenoxy) is 1. The Labute approximate surface area is 171 Å². The molecule has 8 heteroatoms. The number of nitrogens with zero attached hydrogens (tertiary/aromatic N) is 3. The second-order valence-electron chi connectivity index (χ2n) is 6.17. The molecule has 3 aromatic heterocycles. The van der Waals surface area contributed by atoms with Crippen molar-refractivity contribution in [3.63, 3.8) is 0 Å². The summed E-state index contributed by atoms with van der Waals surface area (Å²) in [5, 5.41) is 4.73. The fourth-order valence-corrected chi connectivity index (χ4v) is 3.50. The standard InChI is InChI=1S/C21H17N5O2S/c1-13-25-19(14-5-3-2-4-6-14)21(29-13)28-17-7-8-24-18(10-17)26-16-9-15(20(22)27)11-23-12-16/h2-12H,1H3,(H2,22,27)(H,24,26). The summed E-state index contributed by atoms with van der Waals surface area (Å²) in [6, 6.07) is 15.1. The van der Waals surface area contributed by atoms with Gasteiger partial charge in [-0.1, -0.05) is 41.7 Å². The smallest absolute Gasteiger partial charge is 0.250 e. The lowest BCUT2D eigenvalue weighted by Gasteiger charge is -2.09. The number of hydrogen-bond donors (Lipinski definition) is 2. The largest absolute Gasteiger partial charge is 0.444 e. The van der Waals surface area contributed by atoms with Gasteiger partial charge in [-0.25, -0.2) is 9.97 Å². The molecule has 29 heavy (non-hydrogen) atoms. The Morgan fingerprint density at radius 1 is 1.14 bits per heavy atom. The first-order chi connectivity index (χ1) is 14.1. The highest BCUT2D eigenvalue weighted by molar-refractivity contribution is 7.13. The summed E-state index contributed by atoms with van der Waals surface area (Å²) in [6.07, 6.45) is 4.64. The lowest BCUT2D eigenvalue weighted by Crippen LogP contribution is -2.11. The quantitative estimate of drug-likeness (QED) is 0.490. The van der Waals surface area contributed by atoms with Crippen molar-refractivity contribution in [2.75, 3.05) is 5.32 Å². The zero-order chi connectivity index (χ0) is 20.2. The summed E-state index contributed by atoms with van der Waals surface area (Å²) in [5.41, 5.74) is 8.02. The maximum atomic E-state index is 11.3. The summed E-state index contributed by atoms with van der Waals surface area (Å²) < 4.78 is 6.11. The van der Waals surface area contributed by atoms with E-state index in [0.717, 1.165) is 16.3 Å². The predicted molar refractivity (Wildman–Crippen MR) is 113 cm³/mol. The average Bonchev–Trinajstić information content (AvgIpc) is 3.09. The second kappa shape index (κ2) is 8.07. The SMILES string of the molecule is Cc1nc(-c2ccccc2)c(Oc2ccnc(Nc3cncc(C(N)=O)c3)c2)s1. The van der Waals surface area contributed by atoms with Gasteiger partial charge >= 0.3 is 0 Å². The fourth-order valence-electron chi connectivity index (χ4n) is 2.70. The molecule has 0 saturated carbocycles. The van der Waals surface area contributed by atoms with Gasteiger partial charge in [0.15, 0.2) is 0 Å². The normalized spacial score (nSPS) is 10.5. The summed E-state index contributed by atoms with van der Waals surface area (Å²) in [5.74, 6) is 0.621. The van der Waals surface area contributed by atoms with Crippen molar-refractivity contribution < 1.29 is 9.53 Å². The Kier molecular flexibility index (Phi) is 5.17. The lowest BCUT2D eigenvalue weighted by atomic mass is 10.2. The van der Waals surface area contributed by atoms with E-state index in [1.54, 1.807) is 30.6 Å². The predicted octanol–water partition coefficient (Wildman–Crippen LogP) is 4.54. The zero-order valence-corrected chi connectivity index (χ0v) is 16.3. The molecule has 4 aromatic rings. The van der Waals surface area contributed by atoms with Crippen LogP contribution in [0, 0.1) is 6.92 Å². The molecule has 0 aliphatic heterocycles. The number of benzene rings is 1. The Morgan fingerprint density at radius 3 is 2.76 bits per heavy atom. The van der Waals surface area contributed by atoms with Crippen molar-refractivity contribution in [1.82, 2.24) is 15.0 Å². The summed E-state index contributed by atoms with van der Waals surface area (Å²) in [4.78, 5) is 24.2. The molecule has 0 atom stereocenters. The minimum atomic E-state index is -0.541. The van der Waals surface area contributed by atoms with E-state index in [9.17, 15) is 4.79 Å². The van der Waals surface area contributed by atoms with Crippen molar-refractivity contribution in [2.24, 2.45) is 5.73 Å². The third kappa shape index (κ3) is 4.39. The van der Waals surface area contributed by atoms with Gasteiger partial charge in [-0.05, 0) is 19.1 Å². The zero-order valence-electron chi connectivity index (χ0n) is 15.5. The van der Waals surface area contributed by atoms with Crippen LogP contribution in [-0.4, -0.2) is 20.9 Å². The molecule has 3 N–H and O–H groups in total. The van der Waals surface area contributed by atoms with Crippen LogP contribution < -0.4 is 15.8 Å². The number of thiazole rings is 1. The van der Waals surface area contributed by atoms with E-state index in [1.807, 2.05) is 37.3 Å². The topological polar surface area (TPSA) is 103 Å². The van der Waals surface area contributed by atoms with Crippen LogP contribution in [0.25, 0.3) is 11.3 Å². The van der Waals surface area contributed by atoms with Gasteiger partial charge in [0, 0.05) is 24.0 Å². The van der Waals surface area contributed by atoms with Gasteiger partial charge in [-0.2, -0.15) is 0 Å². The van der Waals surface area contributed by atoms with Crippen molar-refractivity contribution in [1.29, 1.82) is 0 Å². The van der Waals surface area contributed by atoms with E-state index in [-0.39, 0.29) is 0 Å². The molecular weight excluding hydrogens is 386 g/mol. The van der Waals surface area contributed by atoms with Gasteiger partial charge in [-0.3, -0.25) is 9.78 Å². The third-order valence-electron chi connectivity index (χ3n) is 3.99. The molecule has 3 heterocycles. The third-order valence-corrected chi connectivity index (χ3v) is 4.84. The summed E-state index contributed by atoms with van der Waals surface area (Å²) in [6.45, 7) is 1.95. The Balaban J connectivity index is 1.58. The molecule has 0 aliphatic carbocycles. The second-order valence-corrected chi connectivity index (χ2v) is 7.33. The minimum Gasteiger partial charge on any atom is -0.444 e. The molecule has 0 fully saturated rings. The molecule has 0 bridgehead atoms. The van der Waals surface area contributed by atoms with Gasteiger partial charge in [0.25, 0.3) is 0 Å². The van der Waals surface area contributed by atoms with Crippen molar-refractivity contribution in [2.45, 2.75) is 6.92 Å². The van der Waals surface area contributed by atoms with Crippen LogP contribution in [0.15, 0.2) is 67.1 Å². The number of rotatable bonds is 6. The average molecular weight is 403 g/mol. The van der Waals surface area contributed by atoms with Crippen LogP contribution in [0.1, 0.15) is 15.4 Å². The van der Waals surface area contributed by atoms with Gasteiger partial charge in [0.05, 0.1) is 22.5 Å². The number of aromatic nitrogens is 3. The van der Waals surface area contributed by atoms with Gasteiger partial charge < -0.3 is 15.8 Å². The summed E-state index contributed by atoms with van der Waals surface area (Å²) >= 11 is 1.48. The van der Waals surface area contributed by atoms with E-state index >= 15 is 0 Å². The van der Waals surface area contributed by atoms with Crippen LogP contribution in [0.5, 0.6) is 10.8 Å². The first-order valence-electron chi connectivity index (χ1n) is 8.77. The first kappa shape index (κ1) is 18.6. The molecule has 0 unspecified atom stereocenters. The number of amides is 1. The minimum absolute atomic E-state index is 0.315. The van der Waals surface area contributed by atoms with Gasteiger partial charge in [0.1, 0.15) is 17.3 Å². The molecule has 0 radical (unpaired) electrons. The summed E-state index contributed by atoms with van der Waals surface area (Å²) in [7, 11) is 0. The van der Waals surface area contributed by atoms with Crippen LogP contribution in [0.3, 0.4) is 0 Å². The molecular formula is C21H17N5O2S. The fraction of sp³-hybridized carbons (Fsp3) is 0.0476. The van der Waals surface area contributed by atoms with Crippen LogP contribution in [0.2, 0.25) is 0 Å². The lowest BCUT2D eigenvalue weighted by molar-refractivity contribution is 0.1000. The van der Waals surface area contributed by atoms with Crippen molar-refractivity contribution in [3.05, 3.63) is 77.7 Å². The number of carbonyl (C=O) groups is 1. The van der Waals surface area contributed by atoms with Gasteiger partial charge in [0.2, 0.25) is 11.0 Å². The van der Waals surface area contributed by atoms with Gasteiger partial charge in [-0.15, -0.1) is 0 Å². The molecule has 1 aromatic carbocycles. The molecule has 7 nitrogen and oxygen atoms in total. The number of nitrogens with two attached hydrogens (primary N) is 1. The monoisotopic (exact) mass is 403 g/mol. The highest BCUT2D eigenvalue weighted by atomic mass is 32.1. The van der Waals surface area contributed by atoms with E-state index in [1.165, 1.54) is 17.5 Å². The van der Waals surface area contributed by atoms with Crippen LogP contribution >= 0.6 is 11.3 Å². The number of hydrogen-bond acceptors (Lipinski definition) is 7. The Bertz CT molecular complexity index is 1160. The van der Waals surface area contributed by atoms with Crippen molar-refractivity contribution >= 4 is 28.7 Å². The van der Waals surface area contributed by atoms with E-state index in [2.05, 4.69) is 20.3 Å². The van der Waals surface area contributed by atoms with Crippen molar-refractivity contribution in [3.8, 4) is 22.1 Å². The first-order valence-corrected chi connectivity index (χ1v) is 9.59. The Morgan fingerprint density at radius 2 is 1.97 bits per heavy atom. The highest BCUT2D eigenvalue weighted by Crippen LogP contribution is 2.38. The molecule has 0 saturated heterocycles. The molecule has 1 amide bonds. The van der Waals surface area contributed by atoms with Crippen LogP contribution in [-0.2, 0) is 0 Å². The molecule has 0 spiro atoms. The number of carbonyl (C=O) groups excluding carboxylic acids is 1. The highest BCUT2D eigenvalue weighted by Gasteiger charge is 2.14. The van der Waals surface area contributed by atoms with E-state index < -0.39 is 5.91 Å². The molecule has 0 aliphatic rings. The number of anilines is 2. The Hall–Kier alpha value is -3.78. The number of aryl methyl sites for hydroxylation is 1. The van der Waals surface area contributed by atoms with E-state index in [4.69, 9.17) is 10.5 Å². The molecule has 4 rings (SSSR count). The number of primary amides is 1. The maximum Gasteiger partial charge on any atom is 0.250 e. The number of nitrogens with one attached hydrogen (secondary N) is 1. The van der Waals surface area contributed by atoms with E-state index in [0.29, 0.717) is 27.9 Å². The molecule has 144 valence electrons. The van der Waals surface area contributed by atoms with Crippen LogP contribution in [0.4, 0.5) is 11.5 Å².